The maximum atomic E-state index is 4.57. The Morgan fingerprint density at radius 1 is 1.29 bits per heavy atom. The standard InChI is InChI=1S/C18H27N5S/c1-14(10-11-15-8-6-5-7-9-15)21-17(19-2)20-12-16-13-24-18(22-16)23(3)4/h5-9,13-14H,10-12H2,1-4H3,(H2,19,20,21). The van der Waals surface area contributed by atoms with Crippen molar-refractivity contribution >= 4 is 22.4 Å². The van der Waals surface area contributed by atoms with Gasteiger partial charge in [-0.05, 0) is 25.3 Å². The van der Waals surface area contributed by atoms with Crippen molar-refractivity contribution in [3.8, 4) is 0 Å². The normalized spacial score (nSPS) is 12.8. The zero-order valence-electron chi connectivity index (χ0n) is 14.9. The number of guanidine groups is 1. The molecule has 0 aliphatic rings. The van der Waals surface area contributed by atoms with Crippen LogP contribution < -0.4 is 15.5 Å². The Hall–Kier alpha value is -2.08. The monoisotopic (exact) mass is 345 g/mol. The van der Waals surface area contributed by atoms with Crippen molar-refractivity contribution in [2.75, 3.05) is 26.0 Å². The summed E-state index contributed by atoms with van der Waals surface area (Å²) in [6.07, 6.45) is 2.12. The Balaban J connectivity index is 1.76. The van der Waals surface area contributed by atoms with Gasteiger partial charge in [0.2, 0.25) is 0 Å². The molecule has 5 nitrogen and oxygen atoms in total. The highest BCUT2D eigenvalue weighted by Crippen LogP contribution is 2.17. The molecule has 0 radical (unpaired) electrons. The minimum atomic E-state index is 0.351. The van der Waals surface area contributed by atoms with Crippen LogP contribution in [0.4, 0.5) is 5.13 Å². The van der Waals surface area contributed by atoms with Gasteiger partial charge in [-0.15, -0.1) is 11.3 Å². The first-order valence-electron chi connectivity index (χ1n) is 8.21. The Morgan fingerprint density at radius 2 is 2.04 bits per heavy atom. The summed E-state index contributed by atoms with van der Waals surface area (Å²) in [5.41, 5.74) is 2.40. The fourth-order valence-corrected chi connectivity index (χ4v) is 3.04. The fraction of sp³-hybridized carbons (Fsp3) is 0.444. The van der Waals surface area contributed by atoms with E-state index >= 15 is 0 Å². The van der Waals surface area contributed by atoms with Gasteiger partial charge in [0, 0.05) is 32.6 Å². The number of rotatable bonds is 7. The summed E-state index contributed by atoms with van der Waals surface area (Å²) >= 11 is 1.65. The van der Waals surface area contributed by atoms with Crippen LogP contribution in [0.1, 0.15) is 24.6 Å². The van der Waals surface area contributed by atoms with Crippen molar-refractivity contribution in [2.24, 2.45) is 4.99 Å². The van der Waals surface area contributed by atoms with Crippen LogP contribution in [0, 0.1) is 0 Å². The molecule has 0 saturated heterocycles. The van der Waals surface area contributed by atoms with Crippen molar-refractivity contribution in [1.29, 1.82) is 0 Å². The molecule has 2 aromatic rings. The van der Waals surface area contributed by atoms with E-state index in [4.69, 9.17) is 0 Å². The largest absolute Gasteiger partial charge is 0.354 e. The van der Waals surface area contributed by atoms with E-state index < -0.39 is 0 Å². The first-order valence-corrected chi connectivity index (χ1v) is 9.09. The highest BCUT2D eigenvalue weighted by atomic mass is 32.1. The Kier molecular flexibility index (Phi) is 7.06. The highest BCUT2D eigenvalue weighted by molar-refractivity contribution is 7.13. The van der Waals surface area contributed by atoms with Crippen LogP contribution in [0.5, 0.6) is 0 Å². The van der Waals surface area contributed by atoms with Gasteiger partial charge in [-0.2, -0.15) is 0 Å². The summed E-state index contributed by atoms with van der Waals surface area (Å²) in [7, 11) is 5.81. The van der Waals surface area contributed by atoms with Gasteiger partial charge in [0.25, 0.3) is 0 Å². The molecule has 0 saturated carbocycles. The van der Waals surface area contributed by atoms with Gasteiger partial charge >= 0.3 is 0 Å². The second kappa shape index (κ2) is 9.27. The van der Waals surface area contributed by atoms with Crippen LogP contribution in [0.3, 0.4) is 0 Å². The van der Waals surface area contributed by atoms with Gasteiger partial charge in [-0.25, -0.2) is 4.98 Å². The lowest BCUT2D eigenvalue weighted by Gasteiger charge is -2.17. The van der Waals surface area contributed by atoms with Crippen LogP contribution in [0.15, 0.2) is 40.7 Å². The predicted octanol–water partition coefficient (Wildman–Crippen LogP) is 2.90. The topological polar surface area (TPSA) is 52.6 Å². The molecule has 130 valence electrons. The average Bonchev–Trinajstić information content (AvgIpc) is 3.07. The number of nitrogens with zero attached hydrogens (tertiary/aromatic N) is 3. The fourth-order valence-electron chi connectivity index (χ4n) is 2.29. The second-order valence-electron chi connectivity index (χ2n) is 6.01. The third-order valence-electron chi connectivity index (χ3n) is 3.67. The van der Waals surface area contributed by atoms with E-state index in [9.17, 15) is 0 Å². The zero-order valence-corrected chi connectivity index (χ0v) is 15.7. The molecule has 1 atom stereocenters. The molecule has 1 aromatic heterocycles. The number of hydrogen-bond donors (Lipinski definition) is 2. The number of aryl methyl sites for hydroxylation is 1. The molecule has 1 unspecified atom stereocenters. The van der Waals surface area contributed by atoms with Gasteiger partial charge < -0.3 is 15.5 Å². The molecular weight excluding hydrogens is 318 g/mol. The van der Waals surface area contributed by atoms with Gasteiger partial charge in [0.1, 0.15) is 0 Å². The number of nitrogens with one attached hydrogen (secondary N) is 2. The number of anilines is 1. The summed E-state index contributed by atoms with van der Waals surface area (Å²) in [6, 6.07) is 10.9. The minimum Gasteiger partial charge on any atom is -0.354 e. The second-order valence-corrected chi connectivity index (χ2v) is 6.85. The van der Waals surface area contributed by atoms with Gasteiger partial charge in [-0.3, -0.25) is 4.99 Å². The summed E-state index contributed by atoms with van der Waals surface area (Å²) in [5, 5.41) is 9.87. The molecule has 0 fully saturated rings. The molecule has 0 aliphatic carbocycles. The quantitative estimate of drug-likeness (QED) is 0.598. The minimum absolute atomic E-state index is 0.351. The van der Waals surface area contributed by atoms with E-state index in [2.05, 4.69) is 63.2 Å². The number of aliphatic imine (C=N–C) groups is 1. The maximum absolute atomic E-state index is 4.57. The molecule has 0 bridgehead atoms. The first kappa shape index (κ1) is 18.3. The SMILES string of the molecule is CN=C(NCc1csc(N(C)C)n1)NC(C)CCc1ccccc1. The number of aromatic nitrogens is 1. The number of benzene rings is 1. The van der Waals surface area contributed by atoms with E-state index in [0.717, 1.165) is 29.6 Å². The molecule has 6 heteroatoms. The molecular formula is C18H27N5S. The third kappa shape index (κ3) is 5.85. The van der Waals surface area contributed by atoms with E-state index in [1.807, 2.05) is 19.0 Å². The first-order chi connectivity index (χ1) is 11.6. The molecule has 2 N–H and O–H groups in total. The molecule has 1 aromatic carbocycles. The molecule has 0 spiro atoms. The zero-order chi connectivity index (χ0) is 17.4. The van der Waals surface area contributed by atoms with Crippen molar-refractivity contribution in [3.63, 3.8) is 0 Å². The summed E-state index contributed by atoms with van der Waals surface area (Å²) in [6.45, 7) is 2.86. The van der Waals surface area contributed by atoms with Crippen molar-refractivity contribution in [3.05, 3.63) is 47.0 Å². The molecule has 2 rings (SSSR count). The predicted molar refractivity (Wildman–Crippen MR) is 104 cm³/mol. The number of thiazole rings is 1. The van der Waals surface area contributed by atoms with Crippen LogP contribution in [0.25, 0.3) is 0 Å². The average molecular weight is 346 g/mol. The number of hydrogen-bond acceptors (Lipinski definition) is 4. The lowest BCUT2D eigenvalue weighted by atomic mass is 10.1. The molecule has 0 amide bonds. The van der Waals surface area contributed by atoms with Crippen LogP contribution in [0.2, 0.25) is 0 Å². The molecule has 0 aliphatic heterocycles. The van der Waals surface area contributed by atoms with Crippen molar-refractivity contribution in [1.82, 2.24) is 15.6 Å². The highest BCUT2D eigenvalue weighted by Gasteiger charge is 2.07. The van der Waals surface area contributed by atoms with Crippen LogP contribution in [-0.2, 0) is 13.0 Å². The Bertz CT molecular complexity index is 636. The molecule has 24 heavy (non-hydrogen) atoms. The summed E-state index contributed by atoms with van der Waals surface area (Å²) in [4.78, 5) is 10.9. The van der Waals surface area contributed by atoms with Crippen molar-refractivity contribution < 1.29 is 0 Å². The lowest BCUT2D eigenvalue weighted by Crippen LogP contribution is -2.42. The van der Waals surface area contributed by atoms with Crippen LogP contribution in [-0.4, -0.2) is 38.1 Å². The Labute approximate surface area is 148 Å². The van der Waals surface area contributed by atoms with E-state index in [-0.39, 0.29) is 0 Å². The van der Waals surface area contributed by atoms with Crippen molar-refractivity contribution in [2.45, 2.75) is 32.4 Å². The third-order valence-corrected chi connectivity index (χ3v) is 4.73. The van der Waals surface area contributed by atoms with Gasteiger partial charge in [-0.1, -0.05) is 30.3 Å². The molecule has 1 heterocycles. The van der Waals surface area contributed by atoms with E-state index in [1.165, 1.54) is 5.56 Å². The smallest absolute Gasteiger partial charge is 0.191 e. The van der Waals surface area contributed by atoms with Gasteiger partial charge in [0.05, 0.1) is 12.2 Å². The van der Waals surface area contributed by atoms with E-state index in [0.29, 0.717) is 12.6 Å². The van der Waals surface area contributed by atoms with Crippen LogP contribution >= 0.6 is 11.3 Å². The van der Waals surface area contributed by atoms with Gasteiger partial charge in [0.15, 0.2) is 11.1 Å². The Morgan fingerprint density at radius 3 is 2.67 bits per heavy atom. The summed E-state index contributed by atoms with van der Waals surface area (Å²) in [5.74, 6) is 0.815. The summed E-state index contributed by atoms with van der Waals surface area (Å²) < 4.78 is 0. The maximum Gasteiger partial charge on any atom is 0.191 e. The van der Waals surface area contributed by atoms with E-state index in [1.54, 1.807) is 18.4 Å². The lowest BCUT2D eigenvalue weighted by molar-refractivity contribution is 0.592.